The molecule has 0 bridgehead atoms. The highest BCUT2D eigenvalue weighted by atomic mass is 32.2. The summed E-state index contributed by atoms with van der Waals surface area (Å²) < 4.78 is 28.0. The first kappa shape index (κ1) is 16.3. The number of hydrogen-bond acceptors (Lipinski definition) is 5. The van der Waals surface area contributed by atoms with Gasteiger partial charge in [-0.1, -0.05) is 11.8 Å². The molecule has 0 aliphatic heterocycles. The summed E-state index contributed by atoms with van der Waals surface area (Å²) in [4.78, 5) is 20.5. The van der Waals surface area contributed by atoms with Crippen molar-refractivity contribution in [2.24, 2.45) is 0 Å². The Morgan fingerprint density at radius 2 is 2.17 bits per heavy atom. The maximum Gasteiger partial charge on any atom is 0.281 e. The van der Waals surface area contributed by atoms with Gasteiger partial charge in [-0.25, -0.2) is 18.7 Å². The zero-order valence-corrected chi connectivity index (χ0v) is 13.6. The van der Waals surface area contributed by atoms with Gasteiger partial charge >= 0.3 is 0 Å². The number of alkyl halides is 2. The summed E-state index contributed by atoms with van der Waals surface area (Å²) in [6, 6.07) is 2.10. The molecular weight excluding hydrogens is 324 g/mol. The van der Waals surface area contributed by atoms with Gasteiger partial charge in [0, 0.05) is 11.5 Å². The van der Waals surface area contributed by atoms with Gasteiger partial charge in [-0.2, -0.15) is 0 Å². The van der Waals surface area contributed by atoms with Gasteiger partial charge < -0.3 is 5.11 Å². The second-order valence-corrected chi connectivity index (χ2v) is 6.71. The van der Waals surface area contributed by atoms with Gasteiger partial charge in [0.1, 0.15) is 11.3 Å². The molecule has 0 radical (unpaired) electrons. The highest BCUT2D eigenvalue weighted by molar-refractivity contribution is 7.98. The summed E-state index contributed by atoms with van der Waals surface area (Å²) in [5.74, 6) is 0. The van der Waals surface area contributed by atoms with Gasteiger partial charge in [-0.3, -0.25) is 9.36 Å². The van der Waals surface area contributed by atoms with Crippen LogP contribution in [0.25, 0.3) is 11.0 Å². The monoisotopic (exact) mass is 341 g/mol. The Bertz CT molecular complexity index is 807. The summed E-state index contributed by atoms with van der Waals surface area (Å²) in [6.07, 6.45) is 0.856. The van der Waals surface area contributed by atoms with E-state index in [1.165, 1.54) is 16.7 Å². The second kappa shape index (κ2) is 5.83. The van der Waals surface area contributed by atoms with E-state index in [9.17, 15) is 18.7 Å². The van der Waals surface area contributed by atoms with Crippen molar-refractivity contribution in [3.8, 4) is 0 Å². The number of halogens is 2. The van der Waals surface area contributed by atoms with Crippen LogP contribution in [0.5, 0.6) is 0 Å². The second-order valence-electron chi connectivity index (χ2n) is 5.94. The summed E-state index contributed by atoms with van der Waals surface area (Å²) in [5.41, 5.74) is -1.63. The first-order valence-electron chi connectivity index (χ1n) is 7.33. The van der Waals surface area contributed by atoms with Crippen molar-refractivity contribution in [2.45, 2.75) is 49.4 Å². The summed E-state index contributed by atoms with van der Waals surface area (Å²) >= 11 is 1.14. The number of aliphatic hydroxyl groups is 1. The fourth-order valence-corrected chi connectivity index (χ4v) is 3.60. The largest absolute Gasteiger partial charge is 0.388 e. The van der Waals surface area contributed by atoms with E-state index in [2.05, 4.69) is 9.97 Å². The number of hydrogen-bond donors (Lipinski definition) is 1. The third-order valence-corrected chi connectivity index (χ3v) is 4.92. The molecule has 1 fully saturated rings. The van der Waals surface area contributed by atoms with Crippen LogP contribution in [-0.2, 0) is 0 Å². The van der Waals surface area contributed by atoms with Crippen molar-refractivity contribution in [3.63, 3.8) is 0 Å². The summed E-state index contributed by atoms with van der Waals surface area (Å²) in [7, 11) is 0. The van der Waals surface area contributed by atoms with Crippen LogP contribution >= 0.6 is 11.8 Å². The normalized spacial score (nSPS) is 24.7. The van der Waals surface area contributed by atoms with Crippen molar-refractivity contribution < 1.29 is 13.9 Å². The molecule has 0 unspecified atom stereocenters. The van der Waals surface area contributed by atoms with Gasteiger partial charge in [-0.15, -0.1) is 0 Å². The van der Waals surface area contributed by atoms with Gasteiger partial charge in [0.15, 0.2) is 5.16 Å². The van der Waals surface area contributed by atoms with Crippen molar-refractivity contribution in [1.82, 2.24) is 14.5 Å². The van der Waals surface area contributed by atoms with Crippen molar-refractivity contribution in [2.75, 3.05) is 6.26 Å². The Hall–Kier alpha value is -1.54. The molecule has 8 heteroatoms. The smallest absolute Gasteiger partial charge is 0.281 e. The Labute approximate surface area is 135 Å². The van der Waals surface area contributed by atoms with Crippen molar-refractivity contribution >= 4 is 22.8 Å². The molecular formula is C15H17F2N3O2S. The van der Waals surface area contributed by atoms with E-state index < -0.39 is 18.1 Å². The lowest BCUT2D eigenvalue weighted by atomic mass is 10.00. The van der Waals surface area contributed by atoms with Crippen molar-refractivity contribution in [1.29, 1.82) is 0 Å². The van der Waals surface area contributed by atoms with E-state index in [0.29, 0.717) is 12.8 Å². The number of pyridine rings is 1. The van der Waals surface area contributed by atoms with Crippen LogP contribution in [0.1, 0.15) is 44.3 Å². The lowest BCUT2D eigenvalue weighted by molar-refractivity contribution is 0.0266. The van der Waals surface area contributed by atoms with Crippen LogP contribution in [-0.4, -0.2) is 31.5 Å². The van der Waals surface area contributed by atoms with Crippen LogP contribution in [0.15, 0.2) is 22.1 Å². The number of nitrogens with zero attached hydrogens (tertiary/aromatic N) is 3. The van der Waals surface area contributed by atoms with Crippen LogP contribution in [0, 0.1) is 0 Å². The number of fused-ring (bicyclic) bond motifs is 1. The lowest BCUT2D eigenvalue weighted by Gasteiger charge is -2.28. The number of aromatic nitrogens is 3. The summed E-state index contributed by atoms with van der Waals surface area (Å²) in [5, 5.41) is 10.9. The maximum atomic E-state index is 13.3. The van der Waals surface area contributed by atoms with E-state index in [4.69, 9.17) is 0 Å². The van der Waals surface area contributed by atoms with Crippen LogP contribution in [0.3, 0.4) is 0 Å². The molecule has 124 valence electrons. The first-order chi connectivity index (χ1) is 10.8. The fourth-order valence-electron chi connectivity index (χ4n) is 3.23. The van der Waals surface area contributed by atoms with E-state index in [0.717, 1.165) is 18.2 Å². The highest BCUT2D eigenvalue weighted by Gasteiger charge is 2.39. The fraction of sp³-hybridized carbons (Fsp3) is 0.533. The first-order valence-corrected chi connectivity index (χ1v) is 8.55. The highest BCUT2D eigenvalue weighted by Crippen LogP contribution is 2.40. The quantitative estimate of drug-likeness (QED) is 0.687. The third-order valence-electron chi connectivity index (χ3n) is 4.37. The standard InChI is InChI=1S/C15H17F2N3O2S/c1-15(22)7-3-4-9(15)20-10(21)6-5-8-11(12(16)17)18-14(23-2)19-13(8)20/h5-6,9,12,22H,3-4,7H2,1-2H3/t9-,15-/m1/s1. The molecule has 0 aromatic carbocycles. The van der Waals surface area contributed by atoms with Gasteiger partial charge in [-0.05, 0) is 38.5 Å². The van der Waals surface area contributed by atoms with Crippen LogP contribution in [0.4, 0.5) is 8.78 Å². The van der Waals surface area contributed by atoms with E-state index in [1.807, 2.05) is 0 Å². The molecule has 2 aromatic heterocycles. The Balaban J connectivity index is 2.35. The lowest BCUT2D eigenvalue weighted by Crippen LogP contribution is -2.37. The molecule has 0 spiro atoms. The topological polar surface area (TPSA) is 68.0 Å². The molecule has 2 atom stereocenters. The van der Waals surface area contributed by atoms with Crippen LogP contribution in [0.2, 0.25) is 0 Å². The molecule has 1 saturated carbocycles. The number of thioether (sulfide) groups is 1. The minimum Gasteiger partial charge on any atom is -0.388 e. The van der Waals surface area contributed by atoms with Gasteiger partial charge in [0.2, 0.25) is 0 Å². The zero-order chi connectivity index (χ0) is 16.8. The summed E-state index contributed by atoms with van der Waals surface area (Å²) in [6.45, 7) is 1.67. The van der Waals surface area contributed by atoms with Crippen LogP contribution < -0.4 is 5.56 Å². The molecule has 2 heterocycles. The molecule has 3 rings (SSSR count). The Morgan fingerprint density at radius 3 is 2.74 bits per heavy atom. The Morgan fingerprint density at radius 1 is 1.43 bits per heavy atom. The third kappa shape index (κ3) is 2.74. The number of rotatable bonds is 3. The molecule has 5 nitrogen and oxygen atoms in total. The average Bonchev–Trinajstić information content (AvgIpc) is 2.84. The predicted octanol–water partition coefficient (Wildman–Crippen LogP) is 2.93. The van der Waals surface area contributed by atoms with Gasteiger partial charge in [0.25, 0.3) is 12.0 Å². The van der Waals surface area contributed by atoms with E-state index in [-0.39, 0.29) is 27.4 Å². The molecule has 23 heavy (non-hydrogen) atoms. The van der Waals surface area contributed by atoms with E-state index in [1.54, 1.807) is 13.2 Å². The molecule has 2 aromatic rings. The van der Waals surface area contributed by atoms with Crippen molar-refractivity contribution in [3.05, 3.63) is 28.2 Å². The molecule has 1 aliphatic rings. The minimum atomic E-state index is -2.76. The Kier molecular flexibility index (Phi) is 4.14. The zero-order valence-electron chi connectivity index (χ0n) is 12.8. The minimum absolute atomic E-state index is 0.153. The molecule has 1 aliphatic carbocycles. The molecule has 0 saturated heterocycles. The van der Waals surface area contributed by atoms with E-state index >= 15 is 0 Å². The SMILES string of the molecule is CSc1nc(C(F)F)c2ccc(=O)n([C@@H]3CCC[C@@]3(C)O)c2n1. The maximum absolute atomic E-state index is 13.3. The molecule has 1 N–H and O–H groups in total. The molecule has 0 amide bonds. The predicted molar refractivity (Wildman–Crippen MR) is 84.0 cm³/mol. The average molecular weight is 341 g/mol. The van der Waals surface area contributed by atoms with Gasteiger partial charge in [0.05, 0.1) is 11.6 Å².